The zero-order valence-electron chi connectivity index (χ0n) is 9.62. The molecule has 1 aliphatic rings. The van der Waals surface area contributed by atoms with Crippen molar-refractivity contribution < 1.29 is 4.79 Å². The Kier molecular flexibility index (Phi) is 4.11. The monoisotopic (exact) mass is 197 g/mol. The van der Waals surface area contributed by atoms with Gasteiger partial charge in [-0.25, -0.2) is 0 Å². The van der Waals surface area contributed by atoms with Crippen LogP contribution in [0.15, 0.2) is 0 Å². The van der Waals surface area contributed by atoms with E-state index >= 15 is 0 Å². The second-order valence-corrected chi connectivity index (χ2v) is 5.05. The van der Waals surface area contributed by atoms with E-state index in [0.717, 1.165) is 24.7 Å². The lowest BCUT2D eigenvalue weighted by Crippen LogP contribution is -2.35. The lowest BCUT2D eigenvalue weighted by atomic mass is 9.75. The molecule has 1 unspecified atom stereocenters. The minimum atomic E-state index is -0.268. The van der Waals surface area contributed by atoms with Crippen molar-refractivity contribution in [2.24, 2.45) is 23.5 Å². The highest BCUT2D eigenvalue weighted by Gasteiger charge is 2.28. The van der Waals surface area contributed by atoms with Gasteiger partial charge >= 0.3 is 0 Å². The molecule has 2 nitrogen and oxygen atoms in total. The molecule has 0 radical (unpaired) electrons. The van der Waals surface area contributed by atoms with Gasteiger partial charge in [0.2, 0.25) is 0 Å². The maximum atomic E-state index is 11.6. The molecule has 0 aromatic carbocycles. The number of carbonyl (C=O) groups excluding carboxylic acids is 1. The van der Waals surface area contributed by atoms with Crippen molar-refractivity contribution in [1.82, 2.24) is 0 Å². The van der Waals surface area contributed by atoms with Crippen LogP contribution in [-0.2, 0) is 4.79 Å². The van der Waals surface area contributed by atoms with Crippen molar-refractivity contribution in [2.45, 2.75) is 52.5 Å². The SMILES string of the molecule is CC(N)C(=O)C1CCC(C(C)C)CC1. The molecule has 82 valence electrons. The van der Waals surface area contributed by atoms with Crippen LogP contribution in [0.4, 0.5) is 0 Å². The van der Waals surface area contributed by atoms with Gasteiger partial charge in [0.25, 0.3) is 0 Å². The average Bonchev–Trinajstić information content (AvgIpc) is 2.16. The minimum Gasteiger partial charge on any atom is -0.322 e. The van der Waals surface area contributed by atoms with E-state index in [0.29, 0.717) is 0 Å². The van der Waals surface area contributed by atoms with Crippen LogP contribution in [-0.4, -0.2) is 11.8 Å². The summed E-state index contributed by atoms with van der Waals surface area (Å²) in [6.45, 7) is 6.35. The van der Waals surface area contributed by atoms with Crippen LogP contribution in [0.3, 0.4) is 0 Å². The Morgan fingerprint density at radius 1 is 1.14 bits per heavy atom. The normalized spacial score (nSPS) is 30.4. The Hall–Kier alpha value is -0.370. The van der Waals surface area contributed by atoms with Gasteiger partial charge in [0.15, 0.2) is 5.78 Å². The zero-order chi connectivity index (χ0) is 10.7. The number of ketones is 1. The van der Waals surface area contributed by atoms with Gasteiger partial charge in [0, 0.05) is 5.92 Å². The highest BCUT2D eigenvalue weighted by Crippen LogP contribution is 2.33. The number of Topliss-reactive ketones (excluding diaryl/α,β-unsaturated/α-hetero) is 1. The van der Waals surface area contributed by atoms with Crippen molar-refractivity contribution in [3.05, 3.63) is 0 Å². The standard InChI is InChI=1S/C12H23NO/c1-8(2)10-4-6-11(7-5-10)12(14)9(3)13/h8-11H,4-7,13H2,1-3H3. The highest BCUT2D eigenvalue weighted by atomic mass is 16.1. The van der Waals surface area contributed by atoms with Crippen LogP contribution in [0.1, 0.15) is 46.5 Å². The van der Waals surface area contributed by atoms with Gasteiger partial charge in [-0.2, -0.15) is 0 Å². The molecule has 0 aliphatic heterocycles. The van der Waals surface area contributed by atoms with E-state index in [4.69, 9.17) is 5.73 Å². The number of hydrogen-bond donors (Lipinski definition) is 1. The first-order valence-corrected chi connectivity index (χ1v) is 5.81. The predicted molar refractivity (Wildman–Crippen MR) is 58.9 cm³/mol. The fourth-order valence-electron chi connectivity index (χ4n) is 2.44. The predicted octanol–water partition coefficient (Wildman–Crippen LogP) is 2.37. The van der Waals surface area contributed by atoms with E-state index in [1.165, 1.54) is 12.8 Å². The molecule has 0 amide bonds. The molecule has 0 aromatic rings. The summed E-state index contributed by atoms with van der Waals surface area (Å²) in [5.74, 6) is 2.12. The maximum Gasteiger partial charge on any atom is 0.152 e. The van der Waals surface area contributed by atoms with Gasteiger partial charge in [-0.15, -0.1) is 0 Å². The Morgan fingerprint density at radius 2 is 1.64 bits per heavy atom. The van der Waals surface area contributed by atoms with Gasteiger partial charge < -0.3 is 5.73 Å². The topological polar surface area (TPSA) is 43.1 Å². The third-order valence-corrected chi connectivity index (χ3v) is 3.57. The van der Waals surface area contributed by atoms with Crippen molar-refractivity contribution in [3.63, 3.8) is 0 Å². The second-order valence-electron chi connectivity index (χ2n) is 5.05. The summed E-state index contributed by atoms with van der Waals surface area (Å²) < 4.78 is 0. The van der Waals surface area contributed by atoms with E-state index in [9.17, 15) is 4.79 Å². The van der Waals surface area contributed by atoms with Crippen molar-refractivity contribution in [3.8, 4) is 0 Å². The molecule has 2 N–H and O–H groups in total. The smallest absolute Gasteiger partial charge is 0.152 e. The van der Waals surface area contributed by atoms with Crippen LogP contribution < -0.4 is 5.73 Å². The largest absolute Gasteiger partial charge is 0.322 e. The molecule has 2 heteroatoms. The third-order valence-electron chi connectivity index (χ3n) is 3.57. The number of nitrogens with two attached hydrogens (primary N) is 1. The summed E-state index contributed by atoms with van der Waals surface area (Å²) in [5.41, 5.74) is 5.61. The molecule has 1 rings (SSSR count). The average molecular weight is 197 g/mol. The molecule has 0 saturated heterocycles. The van der Waals surface area contributed by atoms with Gasteiger partial charge in [-0.05, 0) is 44.4 Å². The quantitative estimate of drug-likeness (QED) is 0.754. The molecule has 0 heterocycles. The molecule has 1 aliphatic carbocycles. The Bertz CT molecular complexity index is 190. The fraction of sp³-hybridized carbons (Fsp3) is 0.917. The molecule has 0 bridgehead atoms. The van der Waals surface area contributed by atoms with Crippen LogP contribution in [0.2, 0.25) is 0 Å². The summed E-state index contributed by atoms with van der Waals surface area (Å²) in [5, 5.41) is 0. The van der Waals surface area contributed by atoms with E-state index in [1.54, 1.807) is 6.92 Å². The van der Waals surface area contributed by atoms with Crippen molar-refractivity contribution in [1.29, 1.82) is 0 Å². The van der Waals surface area contributed by atoms with Gasteiger partial charge in [-0.1, -0.05) is 13.8 Å². The van der Waals surface area contributed by atoms with Crippen LogP contribution >= 0.6 is 0 Å². The first-order chi connectivity index (χ1) is 6.52. The first kappa shape index (κ1) is 11.7. The number of rotatable bonds is 3. The minimum absolute atomic E-state index is 0.255. The van der Waals surface area contributed by atoms with E-state index in [-0.39, 0.29) is 17.7 Å². The number of hydrogen-bond acceptors (Lipinski definition) is 2. The Labute approximate surface area is 87.2 Å². The number of carbonyl (C=O) groups is 1. The second kappa shape index (κ2) is 4.92. The summed E-state index contributed by atoms with van der Waals surface area (Å²) in [6, 6.07) is -0.268. The van der Waals surface area contributed by atoms with Gasteiger partial charge in [-0.3, -0.25) is 4.79 Å². The fourth-order valence-corrected chi connectivity index (χ4v) is 2.44. The van der Waals surface area contributed by atoms with Gasteiger partial charge in [0.1, 0.15) is 0 Å². The van der Waals surface area contributed by atoms with Crippen LogP contribution in [0.25, 0.3) is 0 Å². The van der Waals surface area contributed by atoms with E-state index in [1.807, 2.05) is 0 Å². The molecular formula is C12H23NO. The third kappa shape index (κ3) is 2.81. The summed E-state index contributed by atoms with van der Waals surface area (Å²) in [4.78, 5) is 11.6. The van der Waals surface area contributed by atoms with Gasteiger partial charge in [0.05, 0.1) is 6.04 Å². The molecule has 1 atom stereocenters. The summed E-state index contributed by atoms with van der Waals surface area (Å²) >= 11 is 0. The molecule has 14 heavy (non-hydrogen) atoms. The van der Waals surface area contributed by atoms with E-state index < -0.39 is 0 Å². The van der Waals surface area contributed by atoms with Crippen LogP contribution in [0.5, 0.6) is 0 Å². The van der Waals surface area contributed by atoms with Crippen molar-refractivity contribution in [2.75, 3.05) is 0 Å². The highest BCUT2D eigenvalue weighted by molar-refractivity contribution is 5.85. The zero-order valence-corrected chi connectivity index (χ0v) is 9.62. The lowest BCUT2D eigenvalue weighted by Gasteiger charge is -2.30. The van der Waals surface area contributed by atoms with Crippen LogP contribution in [0, 0.1) is 17.8 Å². The molecule has 0 aromatic heterocycles. The first-order valence-electron chi connectivity index (χ1n) is 5.81. The Morgan fingerprint density at radius 3 is 2.00 bits per heavy atom. The van der Waals surface area contributed by atoms with E-state index in [2.05, 4.69) is 13.8 Å². The lowest BCUT2D eigenvalue weighted by molar-refractivity contribution is -0.125. The maximum absolute atomic E-state index is 11.6. The molecule has 1 saturated carbocycles. The van der Waals surface area contributed by atoms with Crippen molar-refractivity contribution >= 4 is 5.78 Å². The molecule has 0 spiro atoms. The Balaban J connectivity index is 2.39. The summed E-state index contributed by atoms with van der Waals surface area (Å²) in [7, 11) is 0. The summed E-state index contributed by atoms with van der Waals surface area (Å²) in [6.07, 6.45) is 4.54. The molecular weight excluding hydrogens is 174 g/mol. The molecule has 1 fully saturated rings.